The standard InChI is InChI=1S/C12H16FNO/c1-14-12(6-3-7-12)9-4-5-11(15-2)10(13)8-9/h4-5,8,14H,3,6-7H2,1-2H3. The van der Waals surface area contributed by atoms with E-state index in [9.17, 15) is 4.39 Å². The molecule has 1 aromatic carbocycles. The van der Waals surface area contributed by atoms with Crippen LogP contribution in [0.1, 0.15) is 24.8 Å². The van der Waals surface area contributed by atoms with Gasteiger partial charge in [0.1, 0.15) is 0 Å². The fraction of sp³-hybridized carbons (Fsp3) is 0.500. The lowest BCUT2D eigenvalue weighted by Gasteiger charge is -2.42. The highest BCUT2D eigenvalue weighted by Gasteiger charge is 2.37. The van der Waals surface area contributed by atoms with Gasteiger partial charge < -0.3 is 10.1 Å². The van der Waals surface area contributed by atoms with Crippen molar-refractivity contribution < 1.29 is 9.13 Å². The van der Waals surface area contributed by atoms with Gasteiger partial charge in [-0.05, 0) is 44.0 Å². The minimum atomic E-state index is -0.281. The van der Waals surface area contributed by atoms with Gasteiger partial charge in [-0.15, -0.1) is 0 Å². The first-order chi connectivity index (χ1) is 7.22. The fourth-order valence-corrected chi connectivity index (χ4v) is 2.18. The van der Waals surface area contributed by atoms with Crippen LogP contribution >= 0.6 is 0 Å². The summed E-state index contributed by atoms with van der Waals surface area (Å²) in [7, 11) is 3.41. The predicted octanol–water partition coefficient (Wildman–Crippen LogP) is 2.43. The van der Waals surface area contributed by atoms with Gasteiger partial charge in [0, 0.05) is 5.54 Å². The molecule has 0 heterocycles. The zero-order chi connectivity index (χ0) is 10.9. The van der Waals surface area contributed by atoms with Gasteiger partial charge in [-0.2, -0.15) is 0 Å². The van der Waals surface area contributed by atoms with Crippen molar-refractivity contribution in [3.8, 4) is 5.75 Å². The van der Waals surface area contributed by atoms with Crippen LogP contribution in [-0.2, 0) is 5.54 Å². The normalized spacial score (nSPS) is 18.3. The van der Waals surface area contributed by atoms with E-state index in [0.717, 1.165) is 18.4 Å². The van der Waals surface area contributed by atoms with Crippen molar-refractivity contribution in [2.75, 3.05) is 14.2 Å². The van der Waals surface area contributed by atoms with E-state index in [0.29, 0.717) is 5.75 Å². The third-order valence-corrected chi connectivity index (χ3v) is 3.39. The minimum absolute atomic E-state index is 0.00683. The number of hydrogen-bond donors (Lipinski definition) is 1. The maximum absolute atomic E-state index is 13.5. The Morgan fingerprint density at radius 2 is 2.13 bits per heavy atom. The topological polar surface area (TPSA) is 21.3 Å². The molecule has 0 amide bonds. The number of hydrogen-bond acceptors (Lipinski definition) is 2. The molecule has 1 fully saturated rings. The molecule has 0 unspecified atom stereocenters. The third-order valence-electron chi connectivity index (χ3n) is 3.39. The second-order valence-electron chi connectivity index (χ2n) is 4.03. The Hall–Kier alpha value is -1.09. The lowest BCUT2D eigenvalue weighted by molar-refractivity contribution is 0.200. The number of methoxy groups -OCH3 is 1. The van der Waals surface area contributed by atoms with Crippen molar-refractivity contribution in [3.63, 3.8) is 0 Å². The van der Waals surface area contributed by atoms with E-state index >= 15 is 0 Å². The largest absolute Gasteiger partial charge is 0.494 e. The molecule has 0 aromatic heterocycles. The summed E-state index contributed by atoms with van der Waals surface area (Å²) in [6.07, 6.45) is 3.36. The lowest BCUT2D eigenvalue weighted by Crippen LogP contribution is -2.46. The van der Waals surface area contributed by atoms with Crippen molar-refractivity contribution in [1.29, 1.82) is 0 Å². The third kappa shape index (κ3) is 1.61. The molecule has 1 aromatic rings. The molecule has 2 nitrogen and oxygen atoms in total. The van der Waals surface area contributed by atoms with Crippen LogP contribution in [0.4, 0.5) is 4.39 Å². The zero-order valence-electron chi connectivity index (χ0n) is 9.14. The van der Waals surface area contributed by atoms with Crippen LogP contribution < -0.4 is 10.1 Å². The first-order valence-electron chi connectivity index (χ1n) is 5.25. The van der Waals surface area contributed by atoms with Gasteiger partial charge in [0.25, 0.3) is 0 Å². The average molecular weight is 209 g/mol. The summed E-state index contributed by atoms with van der Waals surface area (Å²) in [4.78, 5) is 0. The van der Waals surface area contributed by atoms with Crippen LogP contribution in [0.3, 0.4) is 0 Å². The van der Waals surface area contributed by atoms with Crippen molar-refractivity contribution in [2.45, 2.75) is 24.8 Å². The number of benzene rings is 1. The van der Waals surface area contributed by atoms with E-state index in [-0.39, 0.29) is 11.4 Å². The molecule has 0 saturated heterocycles. The summed E-state index contributed by atoms with van der Waals surface area (Å²) in [6, 6.07) is 5.22. The van der Waals surface area contributed by atoms with Crippen LogP contribution in [0.2, 0.25) is 0 Å². The molecule has 1 saturated carbocycles. The predicted molar refractivity (Wildman–Crippen MR) is 57.5 cm³/mol. The first-order valence-corrected chi connectivity index (χ1v) is 5.25. The van der Waals surface area contributed by atoms with Crippen LogP contribution in [0.15, 0.2) is 18.2 Å². The molecule has 1 aliphatic rings. The van der Waals surface area contributed by atoms with E-state index in [4.69, 9.17) is 4.74 Å². The molecule has 1 N–H and O–H groups in total. The number of nitrogens with one attached hydrogen (secondary N) is 1. The second kappa shape index (κ2) is 3.81. The van der Waals surface area contributed by atoms with Crippen molar-refractivity contribution in [3.05, 3.63) is 29.6 Å². The fourth-order valence-electron chi connectivity index (χ4n) is 2.18. The highest BCUT2D eigenvalue weighted by Crippen LogP contribution is 2.41. The molecule has 0 aliphatic heterocycles. The molecule has 3 heteroatoms. The SMILES string of the molecule is CNC1(c2ccc(OC)c(F)c2)CCC1. The molecule has 2 rings (SSSR count). The van der Waals surface area contributed by atoms with E-state index in [1.54, 1.807) is 12.1 Å². The monoisotopic (exact) mass is 209 g/mol. The molecule has 1 aliphatic carbocycles. The zero-order valence-corrected chi connectivity index (χ0v) is 9.14. The minimum Gasteiger partial charge on any atom is -0.494 e. The summed E-state index contributed by atoms with van der Waals surface area (Å²) in [5.41, 5.74) is 1.02. The summed E-state index contributed by atoms with van der Waals surface area (Å²) in [5.74, 6) is 0.0286. The molecular weight excluding hydrogens is 193 g/mol. The lowest BCUT2D eigenvalue weighted by atomic mass is 9.72. The Morgan fingerprint density at radius 1 is 1.40 bits per heavy atom. The average Bonchev–Trinajstić information content (AvgIpc) is 2.17. The van der Waals surface area contributed by atoms with Gasteiger partial charge >= 0.3 is 0 Å². The van der Waals surface area contributed by atoms with E-state index in [1.165, 1.54) is 13.5 Å². The maximum atomic E-state index is 13.5. The number of halogens is 1. The number of ether oxygens (including phenoxy) is 1. The second-order valence-corrected chi connectivity index (χ2v) is 4.03. The van der Waals surface area contributed by atoms with Gasteiger partial charge in [-0.1, -0.05) is 6.07 Å². The van der Waals surface area contributed by atoms with Crippen molar-refractivity contribution >= 4 is 0 Å². The van der Waals surface area contributed by atoms with Crippen molar-refractivity contribution in [1.82, 2.24) is 5.32 Å². The van der Waals surface area contributed by atoms with Crippen LogP contribution in [-0.4, -0.2) is 14.2 Å². The quantitative estimate of drug-likeness (QED) is 0.825. The Bertz CT molecular complexity index is 355. The molecular formula is C12H16FNO. The molecule has 0 bridgehead atoms. The summed E-state index contributed by atoms with van der Waals surface area (Å²) >= 11 is 0. The highest BCUT2D eigenvalue weighted by molar-refractivity contribution is 5.34. The molecule has 15 heavy (non-hydrogen) atoms. The Labute approximate surface area is 89.4 Å². The molecule has 82 valence electrons. The maximum Gasteiger partial charge on any atom is 0.165 e. The summed E-state index contributed by atoms with van der Waals surface area (Å²) < 4.78 is 18.4. The smallest absolute Gasteiger partial charge is 0.165 e. The van der Waals surface area contributed by atoms with Gasteiger partial charge in [0.05, 0.1) is 7.11 Å². The molecule has 0 spiro atoms. The van der Waals surface area contributed by atoms with Crippen molar-refractivity contribution in [2.24, 2.45) is 0 Å². The Balaban J connectivity index is 2.33. The van der Waals surface area contributed by atoms with Gasteiger partial charge in [0.2, 0.25) is 0 Å². The molecule has 0 radical (unpaired) electrons. The summed E-state index contributed by atoms with van der Waals surface area (Å²) in [5, 5.41) is 3.29. The van der Waals surface area contributed by atoms with Gasteiger partial charge in [0.15, 0.2) is 11.6 Å². The van der Waals surface area contributed by atoms with Crippen LogP contribution in [0.5, 0.6) is 5.75 Å². The molecule has 0 atom stereocenters. The highest BCUT2D eigenvalue weighted by atomic mass is 19.1. The number of rotatable bonds is 3. The van der Waals surface area contributed by atoms with Crippen LogP contribution in [0, 0.1) is 5.82 Å². The first kappa shape index (κ1) is 10.4. The summed E-state index contributed by atoms with van der Waals surface area (Å²) in [6.45, 7) is 0. The van der Waals surface area contributed by atoms with E-state index < -0.39 is 0 Å². The Morgan fingerprint density at radius 3 is 2.53 bits per heavy atom. The van der Waals surface area contributed by atoms with Gasteiger partial charge in [-0.25, -0.2) is 4.39 Å². The van der Waals surface area contributed by atoms with E-state index in [1.807, 2.05) is 13.1 Å². The van der Waals surface area contributed by atoms with Crippen LogP contribution in [0.25, 0.3) is 0 Å². The van der Waals surface area contributed by atoms with Gasteiger partial charge in [-0.3, -0.25) is 0 Å². The Kier molecular flexibility index (Phi) is 2.65. The van der Waals surface area contributed by atoms with E-state index in [2.05, 4.69) is 5.32 Å².